The van der Waals surface area contributed by atoms with Crippen LogP contribution in [0, 0.1) is 5.92 Å². The van der Waals surface area contributed by atoms with Gasteiger partial charge in [-0.25, -0.2) is 4.79 Å². The number of nitrogens with one attached hydrogen (secondary N) is 1. The average molecular weight is 235 g/mol. The molecule has 1 aliphatic carbocycles. The summed E-state index contributed by atoms with van der Waals surface area (Å²) in [5.74, 6) is 0.244. The van der Waals surface area contributed by atoms with E-state index in [4.69, 9.17) is 5.11 Å². The molecule has 0 spiro atoms. The second kappa shape index (κ2) is 5.12. The molecule has 0 aromatic carbocycles. The van der Waals surface area contributed by atoms with E-state index in [1.54, 1.807) is 6.07 Å². The SMILES string of the molecule is CC1CCCCC1Nc1ccc(C(=O)O)nn1. The molecule has 1 aromatic heterocycles. The number of hydrogen-bond donors (Lipinski definition) is 2. The van der Waals surface area contributed by atoms with Crippen LogP contribution in [0.25, 0.3) is 0 Å². The van der Waals surface area contributed by atoms with Crippen molar-refractivity contribution >= 4 is 11.8 Å². The maximum Gasteiger partial charge on any atom is 0.356 e. The first-order chi connectivity index (χ1) is 8.16. The second-order valence-corrected chi connectivity index (χ2v) is 4.62. The number of nitrogens with zero attached hydrogens (tertiary/aromatic N) is 2. The highest BCUT2D eigenvalue weighted by molar-refractivity contribution is 5.85. The maximum atomic E-state index is 10.6. The van der Waals surface area contributed by atoms with Crippen LogP contribution in [0.2, 0.25) is 0 Å². The van der Waals surface area contributed by atoms with Crippen LogP contribution in [0.1, 0.15) is 43.1 Å². The predicted octanol–water partition coefficient (Wildman–Crippen LogP) is 2.17. The van der Waals surface area contributed by atoms with Crippen LogP contribution in [0.15, 0.2) is 12.1 Å². The summed E-state index contributed by atoms with van der Waals surface area (Å²) >= 11 is 0. The van der Waals surface area contributed by atoms with E-state index in [0.717, 1.165) is 6.42 Å². The summed E-state index contributed by atoms with van der Waals surface area (Å²) in [7, 11) is 0. The molecule has 0 aliphatic heterocycles. The summed E-state index contributed by atoms with van der Waals surface area (Å²) in [6.45, 7) is 2.23. The third-order valence-corrected chi connectivity index (χ3v) is 3.33. The summed E-state index contributed by atoms with van der Waals surface area (Å²) < 4.78 is 0. The van der Waals surface area contributed by atoms with Crippen LogP contribution in [0.5, 0.6) is 0 Å². The lowest BCUT2D eigenvalue weighted by molar-refractivity contribution is 0.0689. The van der Waals surface area contributed by atoms with Gasteiger partial charge in [0.25, 0.3) is 0 Å². The van der Waals surface area contributed by atoms with E-state index in [0.29, 0.717) is 17.8 Å². The largest absolute Gasteiger partial charge is 0.476 e. The summed E-state index contributed by atoms with van der Waals surface area (Å²) in [6, 6.07) is 3.58. The Kier molecular flexibility index (Phi) is 3.56. The fourth-order valence-corrected chi connectivity index (χ4v) is 2.24. The first kappa shape index (κ1) is 11.8. The molecule has 0 saturated heterocycles. The van der Waals surface area contributed by atoms with Crippen molar-refractivity contribution in [3.8, 4) is 0 Å². The van der Waals surface area contributed by atoms with Crippen molar-refractivity contribution in [2.45, 2.75) is 38.6 Å². The number of anilines is 1. The highest BCUT2D eigenvalue weighted by atomic mass is 16.4. The van der Waals surface area contributed by atoms with Crippen LogP contribution in [0.3, 0.4) is 0 Å². The molecular formula is C12H17N3O2. The summed E-state index contributed by atoms with van der Waals surface area (Å²) in [5, 5.41) is 19.6. The van der Waals surface area contributed by atoms with Crippen LogP contribution >= 0.6 is 0 Å². The minimum absolute atomic E-state index is 0.0211. The predicted molar refractivity (Wildman–Crippen MR) is 64.0 cm³/mol. The average Bonchev–Trinajstić information content (AvgIpc) is 2.33. The zero-order valence-corrected chi connectivity index (χ0v) is 9.89. The smallest absolute Gasteiger partial charge is 0.356 e. The molecule has 1 heterocycles. The molecule has 5 heteroatoms. The molecule has 0 radical (unpaired) electrons. The number of carboxylic acid groups (broad SMARTS) is 1. The van der Waals surface area contributed by atoms with Gasteiger partial charge in [-0.1, -0.05) is 19.8 Å². The number of hydrogen-bond acceptors (Lipinski definition) is 4. The van der Waals surface area contributed by atoms with Gasteiger partial charge < -0.3 is 10.4 Å². The minimum Gasteiger partial charge on any atom is -0.476 e. The molecule has 2 N–H and O–H groups in total. The lowest BCUT2D eigenvalue weighted by atomic mass is 9.86. The van der Waals surface area contributed by atoms with Crippen molar-refractivity contribution in [2.24, 2.45) is 5.92 Å². The topological polar surface area (TPSA) is 75.1 Å². The van der Waals surface area contributed by atoms with E-state index >= 15 is 0 Å². The van der Waals surface area contributed by atoms with Gasteiger partial charge in [-0.15, -0.1) is 10.2 Å². The molecule has 17 heavy (non-hydrogen) atoms. The van der Waals surface area contributed by atoms with Crippen molar-refractivity contribution < 1.29 is 9.90 Å². The van der Waals surface area contributed by atoms with Crippen LogP contribution in [-0.2, 0) is 0 Å². The van der Waals surface area contributed by atoms with Gasteiger partial charge in [0.05, 0.1) is 0 Å². The molecule has 5 nitrogen and oxygen atoms in total. The van der Waals surface area contributed by atoms with E-state index in [2.05, 4.69) is 22.4 Å². The Balaban J connectivity index is 2.00. The maximum absolute atomic E-state index is 10.6. The van der Waals surface area contributed by atoms with Gasteiger partial charge in [0.1, 0.15) is 5.82 Å². The van der Waals surface area contributed by atoms with Crippen molar-refractivity contribution in [2.75, 3.05) is 5.32 Å². The van der Waals surface area contributed by atoms with Gasteiger partial charge in [0.15, 0.2) is 5.69 Å². The number of rotatable bonds is 3. The molecule has 2 rings (SSSR count). The lowest BCUT2D eigenvalue weighted by Gasteiger charge is -2.29. The third-order valence-electron chi connectivity index (χ3n) is 3.33. The van der Waals surface area contributed by atoms with Crippen molar-refractivity contribution in [1.82, 2.24) is 10.2 Å². The molecule has 2 atom stereocenters. The van der Waals surface area contributed by atoms with Crippen LogP contribution < -0.4 is 5.32 Å². The molecule has 1 aromatic rings. The molecule has 1 fully saturated rings. The normalized spacial score (nSPS) is 24.3. The number of carbonyl (C=O) groups is 1. The zero-order chi connectivity index (χ0) is 12.3. The van der Waals surface area contributed by atoms with Crippen LogP contribution in [0.4, 0.5) is 5.82 Å². The van der Waals surface area contributed by atoms with Gasteiger partial charge in [-0.05, 0) is 30.9 Å². The monoisotopic (exact) mass is 235 g/mol. The quantitative estimate of drug-likeness (QED) is 0.839. The van der Waals surface area contributed by atoms with Crippen LogP contribution in [-0.4, -0.2) is 27.3 Å². The fourth-order valence-electron chi connectivity index (χ4n) is 2.24. The molecular weight excluding hydrogens is 218 g/mol. The van der Waals surface area contributed by atoms with E-state index in [-0.39, 0.29) is 5.69 Å². The second-order valence-electron chi connectivity index (χ2n) is 4.62. The standard InChI is InChI=1S/C12H17N3O2/c1-8-4-2-3-5-9(8)13-11-7-6-10(12(16)17)14-15-11/h6-9H,2-5H2,1H3,(H,13,15)(H,16,17). The molecule has 2 unspecified atom stereocenters. The van der Waals surface area contributed by atoms with Gasteiger partial charge >= 0.3 is 5.97 Å². The van der Waals surface area contributed by atoms with E-state index in [1.807, 2.05) is 0 Å². The molecule has 1 aliphatic rings. The van der Waals surface area contributed by atoms with E-state index < -0.39 is 5.97 Å². The molecule has 0 amide bonds. The Labute approximate surface area is 100 Å². The number of aromatic nitrogens is 2. The fraction of sp³-hybridized carbons (Fsp3) is 0.583. The lowest BCUT2D eigenvalue weighted by Crippen LogP contribution is -2.30. The van der Waals surface area contributed by atoms with Gasteiger partial charge in [0.2, 0.25) is 0 Å². The highest BCUT2D eigenvalue weighted by Gasteiger charge is 2.21. The first-order valence-electron chi connectivity index (χ1n) is 6.00. The van der Waals surface area contributed by atoms with Gasteiger partial charge in [0, 0.05) is 6.04 Å². The molecule has 92 valence electrons. The van der Waals surface area contributed by atoms with Gasteiger partial charge in [-0.3, -0.25) is 0 Å². The highest BCUT2D eigenvalue weighted by Crippen LogP contribution is 2.25. The Hall–Kier alpha value is -1.65. The zero-order valence-electron chi connectivity index (χ0n) is 9.89. The van der Waals surface area contributed by atoms with E-state index in [1.165, 1.54) is 25.3 Å². The van der Waals surface area contributed by atoms with E-state index in [9.17, 15) is 4.79 Å². The Morgan fingerprint density at radius 3 is 2.71 bits per heavy atom. The Bertz CT molecular complexity index is 391. The van der Waals surface area contributed by atoms with Crippen molar-refractivity contribution in [3.05, 3.63) is 17.8 Å². The summed E-state index contributed by atoms with van der Waals surface area (Å²) in [6.07, 6.45) is 4.91. The number of carboxylic acids is 1. The number of aromatic carboxylic acids is 1. The van der Waals surface area contributed by atoms with Gasteiger partial charge in [-0.2, -0.15) is 0 Å². The first-order valence-corrected chi connectivity index (χ1v) is 6.00. The minimum atomic E-state index is -1.05. The molecule has 1 saturated carbocycles. The Morgan fingerprint density at radius 2 is 2.12 bits per heavy atom. The Morgan fingerprint density at radius 1 is 1.35 bits per heavy atom. The van der Waals surface area contributed by atoms with Crippen molar-refractivity contribution in [3.63, 3.8) is 0 Å². The summed E-state index contributed by atoms with van der Waals surface area (Å²) in [4.78, 5) is 10.6. The van der Waals surface area contributed by atoms with Crippen molar-refractivity contribution in [1.29, 1.82) is 0 Å². The summed E-state index contributed by atoms with van der Waals surface area (Å²) in [5.41, 5.74) is -0.0211. The molecule has 0 bridgehead atoms. The third kappa shape index (κ3) is 2.93.